The van der Waals surface area contributed by atoms with Crippen molar-refractivity contribution in [2.45, 2.75) is 26.2 Å². The van der Waals surface area contributed by atoms with Crippen molar-refractivity contribution in [2.75, 3.05) is 19.0 Å². The second-order valence-corrected chi connectivity index (χ2v) is 7.21. The summed E-state index contributed by atoms with van der Waals surface area (Å²) in [7, 11) is 4.19. The summed E-state index contributed by atoms with van der Waals surface area (Å²) in [5.74, 6) is 0. The molecule has 0 spiro atoms. The molecule has 0 fully saturated rings. The summed E-state index contributed by atoms with van der Waals surface area (Å²) in [5, 5.41) is 1.34. The highest BCUT2D eigenvalue weighted by atomic mass is 32.1. The van der Waals surface area contributed by atoms with Crippen LogP contribution in [0.4, 0.5) is 5.00 Å². The highest BCUT2D eigenvalue weighted by Gasteiger charge is 2.18. The molecule has 0 atom stereocenters. The van der Waals surface area contributed by atoms with Gasteiger partial charge in [0.25, 0.3) is 0 Å². The molecule has 0 N–H and O–H groups in total. The first-order valence-corrected chi connectivity index (χ1v) is 6.72. The van der Waals surface area contributed by atoms with Crippen LogP contribution in [-0.4, -0.2) is 14.1 Å². The van der Waals surface area contributed by atoms with Gasteiger partial charge in [-0.3, -0.25) is 0 Å². The minimum absolute atomic E-state index is 0.279. The fraction of sp³-hybridized carbons (Fsp3) is 0.500. The monoisotopic (exact) mass is 239 g/mol. The third-order valence-corrected chi connectivity index (χ3v) is 5.26. The molecule has 0 aliphatic carbocycles. The zero-order valence-electron chi connectivity index (χ0n) is 9.92. The number of thiophene rings is 2. The van der Waals surface area contributed by atoms with E-state index >= 15 is 0 Å². The average Bonchev–Trinajstić information content (AvgIpc) is 2.55. The molecule has 0 bridgehead atoms. The Labute approximate surface area is 99.3 Å². The Bertz CT molecular complexity index is 440. The molecule has 2 rings (SSSR count). The Balaban J connectivity index is 2.47. The van der Waals surface area contributed by atoms with Crippen molar-refractivity contribution in [2.24, 2.45) is 0 Å². The minimum atomic E-state index is 0.279. The SMILES string of the molecule is CN(C)c1cc2sc(C(C)(C)C)cc2s1. The molecule has 0 saturated heterocycles. The van der Waals surface area contributed by atoms with Crippen molar-refractivity contribution >= 4 is 37.1 Å². The number of hydrogen-bond acceptors (Lipinski definition) is 3. The van der Waals surface area contributed by atoms with E-state index in [2.05, 4.69) is 51.9 Å². The highest BCUT2D eigenvalue weighted by Crippen LogP contribution is 2.40. The first-order chi connectivity index (χ1) is 6.88. The van der Waals surface area contributed by atoms with Gasteiger partial charge in [-0.25, -0.2) is 0 Å². The maximum absolute atomic E-state index is 2.34. The van der Waals surface area contributed by atoms with E-state index in [1.54, 1.807) is 0 Å². The molecule has 0 aliphatic heterocycles. The lowest BCUT2D eigenvalue weighted by atomic mass is 9.95. The van der Waals surface area contributed by atoms with Gasteiger partial charge >= 0.3 is 0 Å². The maximum Gasteiger partial charge on any atom is 0.0924 e. The lowest BCUT2D eigenvalue weighted by Crippen LogP contribution is -2.08. The van der Waals surface area contributed by atoms with Gasteiger partial charge in [-0.05, 0) is 17.5 Å². The van der Waals surface area contributed by atoms with E-state index in [1.165, 1.54) is 19.3 Å². The molecule has 0 aromatic carbocycles. The minimum Gasteiger partial charge on any atom is -0.370 e. The van der Waals surface area contributed by atoms with Crippen LogP contribution in [0, 0.1) is 0 Å². The number of rotatable bonds is 1. The Morgan fingerprint density at radius 3 is 2.07 bits per heavy atom. The molecule has 15 heavy (non-hydrogen) atoms. The Hall–Kier alpha value is -0.540. The first kappa shape index (κ1) is 11.0. The van der Waals surface area contributed by atoms with Gasteiger partial charge in [-0.1, -0.05) is 20.8 Å². The summed E-state index contributed by atoms with van der Waals surface area (Å²) in [4.78, 5) is 3.66. The second kappa shape index (κ2) is 3.49. The summed E-state index contributed by atoms with van der Waals surface area (Å²) in [6, 6.07) is 4.64. The van der Waals surface area contributed by atoms with Crippen LogP contribution in [0.25, 0.3) is 9.40 Å². The van der Waals surface area contributed by atoms with Gasteiger partial charge in [0.15, 0.2) is 0 Å². The van der Waals surface area contributed by atoms with Crippen molar-refractivity contribution in [3.8, 4) is 0 Å². The standard InChI is InChI=1S/C12H17NS2/c1-12(2,3)10-6-8-9(14-10)7-11(15-8)13(4)5/h6-7H,1-5H3. The molecule has 0 amide bonds. The van der Waals surface area contributed by atoms with Crippen molar-refractivity contribution in [3.05, 3.63) is 17.0 Å². The normalized spacial score (nSPS) is 12.3. The van der Waals surface area contributed by atoms with Gasteiger partial charge in [-0.15, -0.1) is 22.7 Å². The van der Waals surface area contributed by atoms with Gasteiger partial charge in [0.1, 0.15) is 0 Å². The van der Waals surface area contributed by atoms with E-state index < -0.39 is 0 Å². The summed E-state index contributed by atoms with van der Waals surface area (Å²) in [5.41, 5.74) is 0.279. The number of anilines is 1. The fourth-order valence-corrected chi connectivity index (χ4v) is 3.78. The van der Waals surface area contributed by atoms with Gasteiger partial charge in [-0.2, -0.15) is 0 Å². The molecule has 0 saturated carbocycles. The van der Waals surface area contributed by atoms with Crippen LogP contribution in [0.1, 0.15) is 25.6 Å². The number of fused-ring (bicyclic) bond motifs is 1. The zero-order chi connectivity index (χ0) is 11.2. The second-order valence-electron chi connectivity index (χ2n) is 5.07. The Kier molecular flexibility index (Phi) is 2.55. The maximum atomic E-state index is 2.34. The van der Waals surface area contributed by atoms with Gasteiger partial charge in [0.05, 0.1) is 5.00 Å². The Morgan fingerprint density at radius 2 is 1.60 bits per heavy atom. The van der Waals surface area contributed by atoms with Gasteiger partial charge in [0.2, 0.25) is 0 Å². The van der Waals surface area contributed by atoms with E-state index in [1.807, 2.05) is 22.7 Å². The average molecular weight is 239 g/mol. The van der Waals surface area contributed by atoms with Crippen LogP contribution >= 0.6 is 22.7 Å². The predicted molar refractivity (Wildman–Crippen MR) is 72.7 cm³/mol. The van der Waals surface area contributed by atoms with E-state index in [-0.39, 0.29) is 5.41 Å². The largest absolute Gasteiger partial charge is 0.370 e. The van der Waals surface area contributed by atoms with Crippen LogP contribution in [0.5, 0.6) is 0 Å². The van der Waals surface area contributed by atoms with Gasteiger partial charge < -0.3 is 4.90 Å². The summed E-state index contributed by atoms with van der Waals surface area (Å²) in [6.07, 6.45) is 0. The molecule has 0 radical (unpaired) electrons. The van der Waals surface area contributed by atoms with Crippen molar-refractivity contribution < 1.29 is 0 Å². The van der Waals surface area contributed by atoms with E-state index in [0.717, 1.165) is 0 Å². The molecular weight excluding hydrogens is 222 g/mol. The lowest BCUT2D eigenvalue weighted by Gasteiger charge is -2.15. The van der Waals surface area contributed by atoms with Crippen LogP contribution in [0.3, 0.4) is 0 Å². The van der Waals surface area contributed by atoms with Crippen molar-refractivity contribution in [1.29, 1.82) is 0 Å². The van der Waals surface area contributed by atoms with E-state index in [0.29, 0.717) is 0 Å². The quantitative estimate of drug-likeness (QED) is 0.716. The third kappa shape index (κ3) is 2.04. The molecule has 0 aliphatic rings. The highest BCUT2D eigenvalue weighted by molar-refractivity contribution is 7.29. The summed E-state index contributed by atoms with van der Waals surface area (Å²) in [6.45, 7) is 6.82. The van der Waals surface area contributed by atoms with Crippen molar-refractivity contribution in [1.82, 2.24) is 0 Å². The molecular formula is C12H17NS2. The van der Waals surface area contributed by atoms with Crippen LogP contribution in [0.2, 0.25) is 0 Å². The third-order valence-electron chi connectivity index (χ3n) is 2.37. The first-order valence-electron chi connectivity index (χ1n) is 5.09. The number of nitrogens with zero attached hydrogens (tertiary/aromatic N) is 1. The van der Waals surface area contributed by atoms with E-state index in [9.17, 15) is 0 Å². The van der Waals surface area contributed by atoms with Crippen molar-refractivity contribution in [3.63, 3.8) is 0 Å². The van der Waals surface area contributed by atoms with Crippen LogP contribution < -0.4 is 4.90 Å². The Morgan fingerprint density at radius 1 is 1.00 bits per heavy atom. The topological polar surface area (TPSA) is 3.24 Å². The zero-order valence-corrected chi connectivity index (χ0v) is 11.6. The molecule has 2 heterocycles. The van der Waals surface area contributed by atoms with Crippen LogP contribution in [-0.2, 0) is 5.41 Å². The molecule has 1 nitrogen and oxygen atoms in total. The van der Waals surface area contributed by atoms with E-state index in [4.69, 9.17) is 0 Å². The van der Waals surface area contributed by atoms with Gasteiger partial charge in [0, 0.05) is 28.4 Å². The smallest absolute Gasteiger partial charge is 0.0924 e. The van der Waals surface area contributed by atoms with Crippen LogP contribution in [0.15, 0.2) is 12.1 Å². The molecule has 2 aromatic rings. The summed E-state index contributed by atoms with van der Waals surface area (Å²) >= 11 is 3.80. The molecule has 0 unspecified atom stereocenters. The fourth-order valence-electron chi connectivity index (χ4n) is 1.41. The molecule has 82 valence electrons. The lowest BCUT2D eigenvalue weighted by molar-refractivity contribution is 0.604. The molecule has 2 aromatic heterocycles. The molecule has 3 heteroatoms. The summed E-state index contributed by atoms with van der Waals surface area (Å²) < 4.78 is 2.85. The number of hydrogen-bond donors (Lipinski definition) is 0. The predicted octanol–water partition coefficient (Wildman–Crippen LogP) is 4.33.